The molecule has 5 rings (SSSR count). The van der Waals surface area contributed by atoms with Crippen LogP contribution < -0.4 is 10.1 Å². The van der Waals surface area contributed by atoms with Gasteiger partial charge in [0.05, 0.1) is 20.2 Å². The number of piperidine rings is 1. The van der Waals surface area contributed by atoms with Crippen molar-refractivity contribution in [3.63, 3.8) is 0 Å². The number of nitrogens with zero attached hydrogens (tertiary/aromatic N) is 3. The largest absolute Gasteiger partial charge is 0.494 e. The van der Waals surface area contributed by atoms with Crippen LogP contribution in [0.3, 0.4) is 0 Å². The van der Waals surface area contributed by atoms with E-state index >= 15 is 0 Å². The summed E-state index contributed by atoms with van der Waals surface area (Å²) >= 11 is 0. The number of carbonyl (C=O) groups excluding carboxylic acids is 1. The van der Waals surface area contributed by atoms with Crippen LogP contribution in [0, 0.1) is 5.82 Å². The molecule has 0 radical (unpaired) electrons. The highest BCUT2D eigenvalue weighted by Gasteiger charge is 2.50. The highest BCUT2D eigenvalue weighted by molar-refractivity contribution is 5.82. The van der Waals surface area contributed by atoms with Crippen molar-refractivity contribution in [1.29, 1.82) is 0 Å². The molecule has 0 saturated carbocycles. The highest BCUT2D eigenvalue weighted by Crippen LogP contribution is 2.34. The van der Waals surface area contributed by atoms with Crippen LogP contribution in [-0.2, 0) is 11.3 Å². The molecule has 2 N–H and O–H groups in total. The molecule has 3 aliphatic heterocycles. The van der Waals surface area contributed by atoms with Gasteiger partial charge in [0.1, 0.15) is 28.1 Å². The number of carbonyl (C=O) groups is 1. The lowest BCUT2D eigenvalue weighted by Crippen LogP contribution is -2.70. The van der Waals surface area contributed by atoms with Crippen molar-refractivity contribution in [3.05, 3.63) is 23.8 Å². The van der Waals surface area contributed by atoms with E-state index in [-0.39, 0.29) is 24.1 Å². The predicted octanol–water partition coefficient (Wildman–Crippen LogP) is 2.43. The zero-order chi connectivity index (χ0) is 22.6. The van der Waals surface area contributed by atoms with E-state index < -0.39 is 23.4 Å². The average molecular weight is 443 g/mol. The molecule has 4 heterocycles. The minimum atomic E-state index is -4.51. The molecule has 2 atom stereocenters. The first-order chi connectivity index (χ1) is 14.5. The lowest BCUT2D eigenvalue weighted by atomic mass is 9.87. The lowest BCUT2D eigenvalue weighted by molar-refractivity contribution is -0.189. The smallest absolute Gasteiger partial charge is 0.410 e. The van der Waals surface area contributed by atoms with Crippen molar-refractivity contribution in [2.75, 3.05) is 26.7 Å². The second-order valence-electron chi connectivity index (χ2n) is 8.74. The Hall–Kier alpha value is -2.40. The predicted molar refractivity (Wildman–Crippen MR) is 105 cm³/mol. The summed E-state index contributed by atoms with van der Waals surface area (Å²) < 4.78 is 58.3. The van der Waals surface area contributed by atoms with Gasteiger partial charge >= 0.3 is 6.18 Å². The van der Waals surface area contributed by atoms with Crippen LogP contribution in [-0.4, -0.2) is 76.2 Å². The van der Waals surface area contributed by atoms with E-state index in [1.165, 1.54) is 13.2 Å². The van der Waals surface area contributed by atoms with E-state index in [2.05, 4.69) is 20.2 Å². The molecule has 0 aliphatic carbocycles. The molecule has 1 aromatic heterocycles. The Morgan fingerprint density at radius 2 is 1.97 bits per heavy atom. The highest BCUT2D eigenvalue weighted by atomic mass is 19.4. The van der Waals surface area contributed by atoms with Gasteiger partial charge in [0.15, 0.2) is 5.82 Å². The summed E-state index contributed by atoms with van der Waals surface area (Å²) in [6.45, 7) is 3.64. The second kappa shape index (κ2) is 7.63. The maximum atomic E-state index is 14.1. The Kier molecular flexibility index (Phi) is 5.37. The number of nitrogens with one attached hydrogen (secondary N) is 2. The van der Waals surface area contributed by atoms with Gasteiger partial charge in [-0.25, -0.2) is 9.37 Å². The molecular weight excluding hydrogens is 418 g/mol. The van der Waals surface area contributed by atoms with E-state index in [1.807, 2.05) is 4.90 Å². The van der Waals surface area contributed by atoms with Crippen LogP contribution in [0.15, 0.2) is 12.1 Å². The number of piperazine rings is 1. The fraction of sp³-hybridized carbons (Fsp3) is 0.600. The molecule has 3 aliphatic rings. The first-order valence-corrected chi connectivity index (χ1v) is 10.1. The van der Waals surface area contributed by atoms with Gasteiger partial charge in [-0.2, -0.15) is 13.2 Å². The van der Waals surface area contributed by atoms with Crippen molar-refractivity contribution < 1.29 is 27.1 Å². The number of methoxy groups -OCH3 is 1. The third kappa shape index (κ3) is 4.08. The van der Waals surface area contributed by atoms with Gasteiger partial charge in [-0.3, -0.25) is 14.6 Å². The minimum Gasteiger partial charge on any atom is -0.494 e. The summed E-state index contributed by atoms with van der Waals surface area (Å²) in [5.41, 5.74) is -1.54. The Bertz CT molecular complexity index is 978. The van der Waals surface area contributed by atoms with Crippen LogP contribution in [0.2, 0.25) is 0 Å². The molecule has 31 heavy (non-hydrogen) atoms. The van der Waals surface area contributed by atoms with Crippen molar-refractivity contribution in [1.82, 2.24) is 25.1 Å². The van der Waals surface area contributed by atoms with Crippen molar-refractivity contribution in [2.24, 2.45) is 0 Å². The molecule has 2 unspecified atom stereocenters. The lowest BCUT2D eigenvalue weighted by Gasteiger charge is -2.56. The van der Waals surface area contributed by atoms with Crippen LogP contribution in [0.5, 0.6) is 5.75 Å². The summed E-state index contributed by atoms with van der Waals surface area (Å²) in [5, 5.41) is 2.09. The zero-order valence-electron chi connectivity index (χ0n) is 17.5. The number of rotatable bonds is 6. The summed E-state index contributed by atoms with van der Waals surface area (Å²) in [4.78, 5) is 23.7. The van der Waals surface area contributed by atoms with Crippen LogP contribution in [0.1, 0.15) is 26.1 Å². The number of ether oxygens (including phenoxy) is 1. The molecule has 7 nitrogen and oxygen atoms in total. The number of imidazole rings is 1. The standard InChI is InChI=1S/C20H25F4N5O2/c1-19(2,20(22,23)24)27-16(30)10-29-11-6-12(29)8-28(7-11)9-15-25-17-13(21)4-5-14(31-3)18(17)26-15/h4-5,11-12H,6-10H2,1-3H3,(H,25,26)(H,27,30). The minimum absolute atomic E-state index is 0.0598. The van der Waals surface area contributed by atoms with E-state index in [4.69, 9.17) is 4.74 Å². The summed E-state index contributed by atoms with van der Waals surface area (Å²) in [6.07, 6.45) is -3.62. The van der Waals surface area contributed by atoms with Crippen molar-refractivity contribution in [2.45, 2.75) is 50.6 Å². The quantitative estimate of drug-likeness (QED) is 0.671. The van der Waals surface area contributed by atoms with Gasteiger partial charge in [-0.15, -0.1) is 0 Å². The first-order valence-electron chi connectivity index (χ1n) is 10.1. The number of aromatic nitrogens is 2. The Morgan fingerprint density at radius 1 is 1.29 bits per heavy atom. The fourth-order valence-electron chi connectivity index (χ4n) is 4.33. The molecule has 2 aromatic rings. The molecule has 1 aromatic carbocycles. The number of amides is 1. The van der Waals surface area contributed by atoms with Gasteiger partial charge in [-0.1, -0.05) is 0 Å². The SMILES string of the molecule is COc1ccc(F)c2nc(CN3CC4CC(C3)N4CC(=O)NC(C)(C)C(F)(F)F)[nH]c12. The summed E-state index contributed by atoms with van der Waals surface area (Å²) in [6, 6.07) is 3.03. The van der Waals surface area contributed by atoms with Gasteiger partial charge in [-0.05, 0) is 32.4 Å². The van der Waals surface area contributed by atoms with Crippen molar-refractivity contribution in [3.8, 4) is 5.75 Å². The molecular formula is C20H25F4N5O2. The van der Waals surface area contributed by atoms with E-state index in [9.17, 15) is 22.4 Å². The van der Waals surface area contributed by atoms with Gasteiger partial charge in [0.2, 0.25) is 5.91 Å². The number of benzene rings is 1. The van der Waals surface area contributed by atoms with E-state index in [0.717, 1.165) is 20.3 Å². The maximum Gasteiger partial charge on any atom is 0.410 e. The van der Waals surface area contributed by atoms with Gasteiger partial charge in [0.25, 0.3) is 0 Å². The fourth-order valence-corrected chi connectivity index (χ4v) is 4.33. The molecule has 1 amide bonds. The number of aromatic amines is 1. The molecule has 2 bridgehead atoms. The van der Waals surface area contributed by atoms with Gasteiger partial charge in [0, 0.05) is 25.2 Å². The normalized spacial score (nSPS) is 22.4. The topological polar surface area (TPSA) is 73.5 Å². The number of hydrogen-bond acceptors (Lipinski definition) is 5. The number of H-pyrrole nitrogens is 1. The van der Waals surface area contributed by atoms with Crippen molar-refractivity contribution >= 4 is 16.9 Å². The van der Waals surface area contributed by atoms with E-state index in [1.54, 1.807) is 6.07 Å². The maximum absolute atomic E-state index is 14.1. The Labute approximate surface area is 176 Å². The Balaban J connectivity index is 1.35. The van der Waals surface area contributed by atoms with Crippen LogP contribution in [0.4, 0.5) is 17.6 Å². The molecule has 0 spiro atoms. The molecule has 3 saturated heterocycles. The molecule has 3 fully saturated rings. The third-order valence-electron chi connectivity index (χ3n) is 6.11. The van der Waals surface area contributed by atoms with Crippen LogP contribution in [0.25, 0.3) is 11.0 Å². The third-order valence-corrected chi connectivity index (χ3v) is 6.11. The summed E-state index contributed by atoms with van der Waals surface area (Å²) in [5.74, 6) is 0.0515. The number of hydrogen-bond donors (Lipinski definition) is 2. The average Bonchev–Trinajstić information content (AvgIpc) is 3.10. The van der Waals surface area contributed by atoms with Crippen LogP contribution >= 0.6 is 0 Å². The number of fused-ring (bicyclic) bond motifs is 3. The second-order valence-corrected chi connectivity index (χ2v) is 8.74. The zero-order valence-corrected chi connectivity index (χ0v) is 17.5. The number of alkyl halides is 3. The molecule has 11 heteroatoms. The van der Waals surface area contributed by atoms with Gasteiger partial charge < -0.3 is 15.0 Å². The monoisotopic (exact) mass is 443 g/mol. The summed E-state index contributed by atoms with van der Waals surface area (Å²) in [7, 11) is 1.51. The molecule has 170 valence electrons. The van der Waals surface area contributed by atoms with E-state index in [0.29, 0.717) is 36.7 Å². The number of halogens is 4. The Morgan fingerprint density at radius 3 is 2.58 bits per heavy atom. The first kappa shape index (κ1) is 21.8.